The van der Waals surface area contributed by atoms with Gasteiger partial charge in [-0.05, 0) is 17.7 Å². The number of hydrogen-bond acceptors (Lipinski definition) is 4. The summed E-state index contributed by atoms with van der Waals surface area (Å²) in [5.74, 6) is 5.19. The second-order valence-corrected chi connectivity index (χ2v) is 8.74. The molecule has 0 saturated heterocycles. The molecule has 0 aliphatic heterocycles. The number of hydrogen-bond donors (Lipinski definition) is 0. The molecule has 0 radical (unpaired) electrons. The van der Waals surface area contributed by atoms with Gasteiger partial charge in [-0.2, -0.15) is 0 Å². The largest absolute Gasteiger partial charge is 0.364 e. The molecule has 0 saturated carbocycles. The van der Waals surface area contributed by atoms with E-state index < -0.39 is 20.9 Å². The Labute approximate surface area is 177 Å². The molecule has 3 aromatic carbocycles. The summed E-state index contributed by atoms with van der Waals surface area (Å²) in [5.41, 5.74) is 1.38. The van der Waals surface area contributed by atoms with Gasteiger partial charge < -0.3 is 4.74 Å². The Hall–Kier alpha value is -3.20. The normalized spacial score (nSPS) is 11.9. The van der Waals surface area contributed by atoms with Crippen molar-refractivity contribution in [2.75, 3.05) is 6.61 Å². The summed E-state index contributed by atoms with van der Waals surface area (Å²) < 4.78 is 31.8. The van der Waals surface area contributed by atoms with Crippen LogP contribution < -0.4 is 0 Å². The maximum Gasteiger partial charge on any atom is 0.189 e. The van der Waals surface area contributed by atoms with E-state index >= 15 is 0 Å². The summed E-state index contributed by atoms with van der Waals surface area (Å²) in [4.78, 5) is 13.1. The van der Waals surface area contributed by atoms with Crippen LogP contribution in [0.2, 0.25) is 0 Å². The van der Waals surface area contributed by atoms with E-state index in [9.17, 15) is 13.2 Å². The lowest BCUT2D eigenvalue weighted by Gasteiger charge is -2.14. The smallest absolute Gasteiger partial charge is 0.189 e. The molecular formula is C25H22O4S. The first kappa shape index (κ1) is 21.5. The van der Waals surface area contributed by atoms with Gasteiger partial charge in [0.1, 0.15) is 11.9 Å². The van der Waals surface area contributed by atoms with Gasteiger partial charge in [0, 0.05) is 12.0 Å². The molecule has 0 heterocycles. The van der Waals surface area contributed by atoms with Crippen LogP contribution in [-0.2, 0) is 21.2 Å². The third-order valence-corrected chi connectivity index (χ3v) is 6.55. The van der Waals surface area contributed by atoms with Crippen molar-refractivity contribution in [3.05, 3.63) is 102 Å². The number of benzene rings is 3. The molecule has 0 spiro atoms. The van der Waals surface area contributed by atoms with Crippen LogP contribution in [0, 0.1) is 11.8 Å². The van der Waals surface area contributed by atoms with Crippen LogP contribution in [0.3, 0.4) is 0 Å². The predicted octanol–water partition coefficient (Wildman–Crippen LogP) is 4.32. The second kappa shape index (κ2) is 10.5. The first-order chi connectivity index (χ1) is 14.6. The molecule has 0 bridgehead atoms. The first-order valence-corrected chi connectivity index (χ1v) is 11.1. The molecule has 0 N–H and O–H groups in total. The molecule has 3 rings (SSSR count). The molecule has 0 aliphatic rings. The van der Waals surface area contributed by atoms with E-state index in [0.717, 1.165) is 5.56 Å². The van der Waals surface area contributed by atoms with Gasteiger partial charge in [-0.25, -0.2) is 8.42 Å². The highest BCUT2D eigenvalue weighted by Gasteiger charge is 2.33. The van der Waals surface area contributed by atoms with Crippen LogP contribution >= 0.6 is 0 Å². The maximum absolute atomic E-state index is 13.1. The first-order valence-electron chi connectivity index (χ1n) is 9.54. The molecule has 1 unspecified atom stereocenters. The fraction of sp³-hybridized carbons (Fsp3) is 0.160. The van der Waals surface area contributed by atoms with E-state index in [1.165, 1.54) is 12.1 Å². The van der Waals surface area contributed by atoms with Gasteiger partial charge in [-0.3, -0.25) is 4.79 Å². The van der Waals surface area contributed by atoms with Gasteiger partial charge in [-0.15, -0.1) is 0 Å². The molecule has 0 amide bonds. The zero-order chi connectivity index (χ0) is 21.2. The number of sulfone groups is 1. The molecular weight excluding hydrogens is 396 g/mol. The molecule has 0 fully saturated rings. The van der Waals surface area contributed by atoms with Crippen molar-refractivity contribution in [3.8, 4) is 11.8 Å². The summed E-state index contributed by atoms with van der Waals surface area (Å²) in [6.45, 7) is 0.580. The zero-order valence-electron chi connectivity index (χ0n) is 16.4. The lowest BCUT2D eigenvalue weighted by molar-refractivity contribution is 0.0987. The summed E-state index contributed by atoms with van der Waals surface area (Å²) in [6.07, 6.45) is -0.0976. The van der Waals surface area contributed by atoms with E-state index in [0.29, 0.717) is 12.2 Å². The SMILES string of the molecule is O=C(c1ccccc1)C(CC#CCOCc1ccccc1)S(=O)(=O)c1ccccc1. The molecule has 5 heteroatoms. The van der Waals surface area contributed by atoms with Crippen molar-refractivity contribution in [2.24, 2.45) is 0 Å². The van der Waals surface area contributed by atoms with Gasteiger partial charge in [0.25, 0.3) is 0 Å². The Morgan fingerprint density at radius 1 is 0.800 bits per heavy atom. The lowest BCUT2D eigenvalue weighted by atomic mass is 10.1. The van der Waals surface area contributed by atoms with Crippen molar-refractivity contribution in [3.63, 3.8) is 0 Å². The Kier molecular flexibility index (Phi) is 7.56. The van der Waals surface area contributed by atoms with Crippen LogP contribution in [0.15, 0.2) is 95.9 Å². The van der Waals surface area contributed by atoms with E-state index in [-0.39, 0.29) is 17.9 Å². The zero-order valence-corrected chi connectivity index (χ0v) is 17.2. The lowest BCUT2D eigenvalue weighted by Crippen LogP contribution is -2.30. The monoisotopic (exact) mass is 418 g/mol. The average molecular weight is 419 g/mol. The van der Waals surface area contributed by atoms with E-state index in [1.54, 1.807) is 48.5 Å². The van der Waals surface area contributed by atoms with Gasteiger partial charge in [0.05, 0.1) is 11.5 Å². The van der Waals surface area contributed by atoms with Crippen LogP contribution in [0.1, 0.15) is 22.3 Å². The molecule has 30 heavy (non-hydrogen) atoms. The van der Waals surface area contributed by atoms with Gasteiger partial charge in [-0.1, -0.05) is 90.7 Å². The highest BCUT2D eigenvalue weighted by Crippen LogP contribution is 2.21. The topological polar surface area (TPSA) is 60.4 Å². The van der Waals surface area contributed by atoms with E-state index in [2.05, 4.69) is 11.8 Å². The fourth-order valence-electron chi connectivity index (χ4n) is 2.92. The highest BCUT2D eigenvalue weighted by molar-refractivity contribution is 7.92. The Morgan fingerprint density at radius 2 is 1.37 bits per heavy atom. The highest BCUT2D eigenvalue weighted by atomic mass is 32.2. The minimum absolute atomic E-state index is 0.0976. The molecule has 0 aromatic heterocycles. The van der Waals surface area contributed by atoms with Crippen molar-refractivity contribution < 1.29 is 17.9 Å². The van der Waals surface area contributed by atoms with Crippen LogP contribution in [0.4, 0.5) is 0 Å². The summed E-state index contributed by atoms with van der Waals surface area (Å²) in [7, 11) is -3.88. The van der Waals surface area contributed by atoms with Crippen molar-refractivity contribution >= 4 is 15.6 Å². The van der Waals surface area contributed by atoms with Crippen LogP contribution in [0.5, 0.6) is 0 Å². The van der Waals surface area contributed by atoms with Gasteiger partial charge >= 0.3 is 0 Å². The molecule has 1 atom stereocenters. The number of carbonyl (C=O) groups excluding carboxylic acids is 1. The third kappa shape index (κ3) is 5.66. The van der Waals surface area contributed by atoms with E-state index in [1.807, 2.05) is 30.3 Å². The second-order valence-electron chi connectivity index (χ2n) is 6.61. The minimum atomic E-state index is -3.88. The predicted molar refractivity (Wildman–Crippen MR) is 117 cm³/mol. The third-order valence-electron chi connectivity index (χ3n) is 4.50. The van der Waals surface area contributed by atoms with Crippen LogP contribution in [0.25, 0.3) is 0 Å². The number of carbonyl (C=O) groups is 1. The van der Waals surface area contributed by atoms with Gasteiger partial charge in [0.2, 0.25) is 0 Å². The van der Waals surface area contributed by atoms with Crippen molar-refractivity contribution in [2.45, 2.75) is 23.2 Å². The standard InChI is InChI=1S/C25H22O4S/c26-25(22-14-6-2-7-15-22)24(30(27,28)23-16-8-3-9-17-23)18-10-11-19-29-20-21-12-4-1-5-13-21/h1-9,12-17,24H,18-20H2. The fourth-order valence-corrected chi connectivity index (χ4v) is 4.50. The number of ether oxygens (including phenoxy) is 1. The number of ketones is 1. The summed E-state index contributed by atoms with van der Waals surface area (Å²) in [5, 5.41) is -1.27. The Morgan fingerprint density at radius 3 is 2.00 bits per heavy atom. The van der Waals surface area contributed by atoms with Crippen LogP contribution in [-0.4, -0.2) is 26.1 Å². The number of rotatable bonds is 8. The minimum Gasteiger partial charge on any atom is -0.364 e. The van der Waals surface area contributed by atoms with E-state index in [4.69, 9.17) is 4.74 Å². The average Bonchev–Trinajstić information content (AvgIpc) is 2.80. The van der Waals surface area contributed by atoms with Gasteiger partial charge in [0.15, 0.2) is 15.6 Å². The molecule has 4 nitrogen and oxygen atoms in total. The molecule has 152 valence electrons. The Bertz CT molecular complexity index is 1110. The quantitative estimate of drug-likeness (QED) is 0.311. The number of Topliss-reactive ketones (excluding diaryl/α,β-unsaturated/α-hetero) is 1. The summed E-state index contributed by atoms with van der Waals surface area (Å²) >= 11 is 0. The molecule has 0 aliphatic carbocycles. The maximum atomic E-state index is 13.1. The van der Waals surface area contributed by atoms with Crippen molar-refractivity contribution in [1.82, 2.24) is 0 Å². The summed E-state index contributed by atoms with van der Waals surface area (Å²) in [6, 6.07) is 26.1. The Balaban J connectivity index is 1.73. The molecule has 3 aromatic rings. The van der Waals surface area contributed by atoms with Crippen molar-refractivity contribution in [1.29, 1.82) is 0 Å².